The molecular formula is C14H14ClNO. The van der Waals surface area contributed by atoms with Crippen LogP contribution in [0.2, 0.25) is 0 Å². The normalized spacial score (nSPS) is 10.5. The van der Waals surface area contributed by atoms with Gasteiger partial charge in [-0.2, -0.15) is 0 Å². The lowest BCUT2D eigenvalue weighted by Crippen LogP contribution is -2.20. The van der Waals surface area contributed by atoms with Crippen molar-refractivity contribution in [3.05, 3.63) is 48.0 Å². The van der Waals surface area contributed by atoms with Crippen molar-refractivity contribution in [2.75, 3.05) is 6.54 Å². The number of benzene rings is 2. The Hall–Kier alpha value is -1.54. The van der Waals surface area contributed by atoms with Gasteiger partial charge in [-0.25, -0.2) is 0 Å². The first-order valence-electron chi connectivity index (χ1n) is 5.59. The molecular weight excluding hydrogens is 234 g/mol. The van der Waals surface area contributed by atoms with E-state index in [0.717, 1.165) is 6.42 Å². The van der Waals surface area contributed by atoms with Crippen LogP contribution < -0.4 is 0 Å². The first-order valence-corrected chi connectivity index (χ1v) is 5.93. The van der Waals surface area contributed by atoms with Crippen molar-refractivity contribution in [2.45, 2.75) is 13.3 Å². The van der Waals surface area contributed by atoms with Gasteiger partial charge in [0.1, 0.15) is 0 Å². The van der Waals surface area contributed by atoms with Crippen molar-refractivity contribution < 1.29 is 4.79 Å². The van der Waals surface area contributed by atoms with Crippen LogP contribution in [-0.2, 0) is 11.2 Å². The van der Waals surface area contributed by atoms with Gasteiger partial charge in [0.15, 0.2) is 0 Å². The summed E-state index contributed by atoms with van der Waals surface area (Å²) >= 11 is 5.80. The van der Waals surface area contributed by atoms with Crippen LogP contribution >= 0.6 is 11.8 Å². The first-order chi connectivity index (χ1) is 8.18. The molecule has 0 heterocycles. The molecule has 88 valence electrons. The van der Waals surface area contributed by atoms with Gasteiger partial charge in [0.25, 0.3) is 0 Å². The van der Waals surface area contributed by atoms with Crippen LogP contribution in [0.4, 0.5) is 0 Å². The lowest BCUT2D eigenvalue weighted by atomic mass is 10.0. The van der Waals surface area contributed by atoms with Gasteiger partial charge in [-0.3, -0.25) is 9.21 Å². The third-order valence-corrected chi connectivity index (χ3v) is 3.21. The fraction of sp³-hybridized carbons (Fsp3) is 0.214. The van der Waals surface area contributed by atoms with Crippen molar-refractivity contribution >= 4 is 28.5 Å². The van der Waals surface area contributed by atoms with Gasteiger partial charge in [0, 0.05) is 25.2 Å². The molecule has 0 saturated heterocycles. The molecule has 0 unspecified atom stereocenters. The Bertz CT molecular complexity index is 533. The second-order valence-electron chi connectivity index (χ2n) is 3.99. The number of carbonyl (C=O) groups excluding carboxylic acids is 1. The molecule has 0 N–H and O–H groups in total. The molecule has 2 aromatic rings. The van der Waals surface area contributed by atoms with Gasteiger partial charge in [0.05, 0.1) is 0 Å². The van der Waals surface area contributed by atoms with E-state index in [-0.39, 0.29) is 5.91 Å². The Morgan fingerprint density at radius 3 is 2.65 bits per heavy atom. The van der Waals surface area contributed by atoms with E-state index in [1.54, 1.807) is 0 Å². The average molecular weight is 248 g/mol. The van der Waals surface area contributed by atoms with Gasteiger partial charge in [-0.1, -0.05) is 42.5 Å². The van der Waals surface area contributed by atoms with Crippen molar-refractivity contribution in [3.63, 3.8) is 0 Å². The van der Waals surface area contributed by atoms with Gasteiger partial charge in [0.2, 0.25) is 5.91 Å². The number of nitrogens with zero attached hydrogens (tertiary/aromatic N) is 1. The Morgan fingerprint density at radius 1 is 1.18 bits per heavy atom. The van der Waals surface area contributed by atoms with E-state index in [2.05, 4.69) is 24.3 Å². The molecule has 0 aromatic heterocycles. The molecule has 0 atom stereocenters. The lowest BCUT2D eigenvalue weighted by Gasteiger charge is -2.12. The minimum atomic E-state index is -0.119. The molecule has 0 fully saturated rings. The fourth-order valence-electron chi connectivity index (χ4n) is 1.89. The number of rotatable bonds is 3. The van der Waals surface area contributed by atoms with E-state index in [9.17, 15) is 4.79 Å². The second kappa shape index (κ2) is 5.19. The van der Waals surface area contributed by atoms with Gasteiger partial charge in [-0.05, 0) is 22.8 Å². The Kier molecular flexibility index (Phi) is 3.64. The average Bonchev–Trinajstić information content (AvgIpc) is 2.35. The highest BCUT2D eigenvalue weighted by molar-refractivity contribution is 6.20. The van der Waals surface area contributed by atoms with E-state index in [1.165, 1.54) is 27.7 Å². The maximum absolute atomic E-state index is 11.0. The molecule has 17 heavy (non-hydrogen) atoms. The standard InChI is InChI=1S/C14H14ClNO/c1-11(17)16(15)10-9-13-7-4-6-12-5-2-3-8-14(12)13/h2-8H,9-10H2,1H3. The van der Waals surface area contributed by atoms with Crippen LogP contribution in [0.15, 0.2) is 42.5 Å². The highest BCUT2D eigenvalue weighted by atomic mass is 35.5. The number of carbonyl (C=O) groups is 1. The molecule has 0 spiro atoms. The van der Waals surface area contributed by atoms with Crippen molar-refractivity contribution in [3.8, 4) is 0 Å². The summed E-state index contributed by atoms with van der Waals surface area (Å²) in [7, 11) is 0. The van der Waals surface area contributed by atoms with E-state index in [4.69, 9.17) is 11.8 Å². The molecule has 3 heteroatoms. The summed E-state index contributed by atoms with van der Waals surface area (Å²) in [6.45, 7) is 2.00. The lowest BCUT2D eigenvalue weighted by molar-refractivity contribution is -0.124. The van der Waals surface area contributed by atoms with Crippen LogP contribution in [0, 0.1) is 0 Å². The number of fused-ring (bicyclic) bond motifs is 1. The predicted octanol–water partition coefficient (Wildman–Crippen LogP) is 3.38. The number of hydrogen-bond donors (Lipinski definition) is 0. The fourth-order valence-corrected chi connectivity index (χ4v) is 1.97. The molecule has 0 aliphatic heterocycles. The highest BCUT2D eigenvalue weighted by Crippen LogP contribution is 2.19. The van der Waals surface area contributed by atoms with Crippen LogP contribution in [0.5, 0.6) is 0 Å². The Morgan fingerprint density at radius 2 is 1.88 bits per heavy atom. The zero-order valence-corrected chi connectivity index (χ0v) is 10.4. The third kappa shape index (κ3) is 2.77. The molecule has 2 aromatic carbocycles. The minimum absolute atomic E-state index is 0.119. The van der Waals surface area contributed by atoms with Gasteiger partial charge >= 0.3 is 0 Å². The Labute approximate surface area is 106 Å². The molecule has 0 aliphatic carbocycles. The zero-order valence-electron chi connectivity index (χ0n) is 9.69. The van der Waals surface area contributed by atoms with Gasteiger partial charge in [-0.15, -0.1) is 0 Å². The maximum Gasteiger partial charge on any atom is 0.233 e. The number of halogens is 1. The van der Waals surface area contributed by atoms with E-state index < -0.39 is 0 Å². The minimum Gasteiger partial charge on any atom is -0.274 e. The Balaban J connectivity index is 2.21. The highest BCUT2D eigenvalue weighted by Gasteiger charge is 2.06. The molecule has 0 aliphatic rings. The molecule has 2 rings (SSSR count). The van der Waals surface area contributed by atoms with Crippen molar-refractivity contribution in [1.29, 1.82) is 0 Å². The largest absolute Gasteiger partial charge is 0.274 e. The number of hydrogen-bond acceptors (Lipinski definition) is 1. The monoisotopic (exact) mass is 247 g/mol. The van der Waals surface area contributed by atoms with E-state index >= 15 is 0 Å². The summed E-state index contributed by atoms with van der Waals surface area (Å²) in [6.07, 6.45) is 0.768. The molecule has 0 bridgehead atoms. The molecule has 1 amide bonds. The third-order valence-electron chi connectivity index (χ3n) is 2.80. The summed E-state index contributed by atoms with van der Waals surface area (Å²) in [5.41, 5.74) is 1.22. The predicted molar refractivity (Wildman–Crippen MR) is 70.9 cm³/mol. The van der Waals surface area contributed by atoms with Crippen molar-refractivity contribution in [1.82, 2.24) is 4.42 Å². The summed E-state index contributed by atoms with van der Waals surface area (Å²) in [5, 5.41) is 2.44. The van der Waals surface area contributed by atoms with Crippen LogP contribution in [-0.4, -0.2) is 16.9 Å². The maximum atomic E-state index is 11.0. The quantitative estimate of drug-likeness (QED) is 0.762. The smallest absolute Gasteiger partial charge is 0.233 e. The van der Waals surface area contributed by atoms with Crippen LogP contribution in [0.3, 0.4) is 0 Å². The summed E-state index contributed by atoms with van der Waals surface area (Å²) < 4.78 is 1.22. The summed E-state index contributed by atoms with van der Waals surface area (Å²) in [5.74, 6) is -0.119. The molecule has 0 saturated carbocycles. The van der Waals surface area contributed by atoms with Crippen LogP contribution in [0.1, 0.15) is 12.5 Å². The summed E-state index contributed by atoms with van der Waals surface area (Å²) in [4.78, 5) is 11.0. The molecule has 2 nitrogen and oxygen atoms in total. The van der Waals surface area contributed by atoms with Gasteiger partial charge < -0.3 is 0 Å². The van der Waals surface area contributed by atoms with E-state index in [1.807, 2.05) is 18.2 Å². The SMILES string of the molecule is CC(=O)N(Cl)CCc1cccc2ccccc12. The second-order valence-corrected chi connectivity index (χ2v) is 4.40. The summed E-state index contributed by atoms with van der Waals surface area (Å²) in [6, 6.07) is 14.4. The van der Waals surface area contributed by atoms with Crippen LogP contribution in [0.25, 0.3) is 10.8 Å². The number of amides is 1. The molecule has 0 radical (unpaired) electrons. The first kappa shape index (κ1) is 11.9. The van der Waals surface area contributed by atoms with E-state index in [0.29, 0.717) is 6.54 Å². The zero-order chi connectivity index (χ0) is 12.3. The van der Waals surface area contributed by atoms with Crippen molar-refractivity contribution in [2.24, 2.45) is 0 Å². The topological polar surface area (TPSA) is 20.3 Å².